The van der Waals surface area contributed by atoms with Crippen molar-refractivity contribution in [3.05, 3.63) is 70.7 Å². The highest BCUT2D eigenvalue weighted by Gasteiger charge is 2.15. The molecule has 7 heteroatoms. The Labute approximate surface area is 160 Å². The van der Waals surface area contributed by atoms with Crippen molar-refractivity contribution in [1.82, 2.24) is 10.3 Å². The highest BCUT2D eigenvalue weighted by Crippen LogP contribution is 2.23. The fraction of sp³-hybridized carbons (Fsp3) is 0.150. The van der Waals surface area contributed by atoms with E-state index in [1.807, 2.05) is 30.3 Å². The van der Waals surface area contributed by atoms with Crippen molar-refractivity contribution < 1.29 is 19.1 Å². The second-order valence-corrected chi connectivity index (χ2v) is 6.47. The number of amides is 1. The van der Waals surface area contributed by atoms with Crippen molar-refractivity contribution in [3.63, 3.8) is 0 Å². The molecule has 2 aromatic carbocycles. The molecule has 0 fully saturated rings. The van der Waals surface area contributed by atoms with Crippen LogP contribution in [0.1, 0.15) is 26.4 Å². The summed E-state index contributed by atoms with van der Waals surface area (Å²) in [5, 5.41) is 5.33. The van der Waals surface area contributed by atoms with Gasteiger partial charge in [-0.05, 0) is 17.7 Å². The van der Waals surface area contributed by atoms with Crippen LogP contribution in [0.15, 0.2) is 53.9 Å². The van der Waals surface area contributed by atoms with Gasteiger partial charge in [0.15, 0.2) is 0 Å². The van der Waals surface area contributed by atoms with Gasteiger partial charge in [0.05, 0.1) is 14.2 Å². The lowest BCUT2D eigenvalue weighted by Gasteiger charge is -2.09. The summed E-state index contributed by atoms with van der Waals surface area (Å²) in [5.74, 6) is -0.347. The minimum Gasteiger partial charge on any atom is -0.496 e. The third-order valence-corrected chi connectivity index (χ3v) is 4.77. The summed E-state index contributed by atoms with van der Waals surface area (Å²) in [6.07, 6.45) is 0. The van der Waals surface area contributed by atoms with Crippen molar-refractivity contribution in [2.45, 2.75) is 6.54 Å². The molecule has 138 valence electrons. The van der Waals surface area contributed by atoms with Crippen LogP contribution in [0.5, 0.6) is 5.75 Å². The number of hydrogen-bond donors (Lipinski definition) is 1. The Balaban J connectivity index is 1.69. The first-order chi connectivity index (χ1) is 13.1. The molecule has 0 bridgehead atoms. The molecule has 0 spiro atoms. The molecule has 0 atom stereocenters. The number of nitrogens with one attached hydrogen (secondary N) is 1. The minimum absolute atomic E-state index is 0.255. The standard InChI is InChI=1S/C20H18N2O4S/c1-25-17-9-8-13(10-15(17)20(24)26-2)11-21-18(23)16-12-27-19(22-16)14-6-4-3-5-7-14/h3-10,12H,11H2,1-2H3,(H,21,23). The summed E-state index contributed by atoms with van der Waals surface area (Å²) in [4.78, 5) is 28.6. The monoisotopic (exact) mass is 382 g/mol. The van der Waals surface area contributed by atoms with Gasteiger partial charge in [0.1, 0.15) is 22.0 Å². The molecular formula is C20H18N2O4S. The molecule has 1 heterocycles. The van der Waals surface area contributed by atoms with E-state index in [0.29, 0.717) is 17.0 Å². The molecule has 1 aromatic heterocycles. The summed E-state index contributed by atoms with van der Waals surface area (Å²) in [6, 6.07) is 14.8. The molecule has 0 radical (unpaired) electrons. The second-order valence-electron chi connectivity index (χ2n) is 5.61. The Morgan fingerprint density at radius 2 is 1.89 bits per heavy atom. The number of benzene rings is 2. The number of carbonyl (C=O) groups is 2. The smallest absolute Gasteiger partial charge is 0.341 e. The van der Waals surface area contributed by atoms with Crippen LogP contribution < -0.4 is 10.1 Å². The van der Waals surface area contributed by atoms with Crippen molar-refractivity contribution >= 4 is 23.2 Å². The van der Waals surface area contributed by atoms with Gasteiger partial charge in [-0.1, -0.05) is 36.4 Å². The van der Waals surface area contributed by atoms with Crippen LogP contribution in [0.4, 0.5) is 0 Å². The van der Waals surface area contributed by atoms with Crippen LogP contribution in [-0.4, -0.2) is 31.1 Å². The molecule has 0 aliphatic carbocycles. The van der Waals surface area contributed by atoms with Crippen LogP contribution in [-0.2, 0) is 11.3 Å². The SMILES string of the molecule is COC(=O)c1cc(CNC(=O)c2csc(-c3ccccc3)n2)ccc1OC. The Bertz CT molecular complexity index is 954. The quantitative estimate of drug-likeness (QED) is 0.660. The topological polar surface area (TPSA) is 77.5 Å². The van der Waals surface area contributed by atoms with Gasteiger partial charge in [-0.2, -0.15) is 0 Å². The van der Waals surface area contributed by atoms with Crippen LogP contribution in [0.25, 0.3) is 10.6 Å². The van der Waals surface area contributed by atoms with Gasteiger partial charge in [-0.25, -0.2) is 9.78 Å². The molecule has 0 aliphatic heterocycles. The Morgan fingerprint density at radius 1 is 1.11 bits per heavy atom. The molecule has 0 unspecified atom stereocenters. The van der Waals surface area contributed by atoms with E-state index in [-0.39, 0.29) is 12.5 Å². The molecule has 0 saturated carbocycles. The lowest BCUT2D eigenvalue weighted by Crippen LogP contribution is -2.23. The normalized spacial score (nSPS) is 10.3. The predicted molar refractivity (Wildman–Crippen MR) is 103 cm³/mol. The van der Waals surface area contributed by atoms with Crippen LogP contribution >= 0.6 is 11.3 Å². The van der Waals surface area contributed by atoms with E-state index < -0.39 is 5.97 Å². The number of esters is 1. The highest BCUT2D eigenvalue weighted by atomic mass is 32.1. The third-order valence-electron chi connectivity index (χ3n) is 3.88. The van der Waals surface area contributed by atoms with Crippen molar-refractivity contribution in [2.24, 2.45) is 0 Å². The highest BCUT2D eigenvalue weighted by molar-refractivity contribution is 7.13. The van der Waals surface area contributed by atoms with Crippen LogP contribution in [0.3, 0.4) is 0 Å². The number of nitrogens with zero attached hydrogens (tertiary/aromatic N) is 1. The van der Waals surface area contributed by atoms with E-state index in [1.165, 1.54) is 25.6 Å². The number of methoxy groups -OCH3 is 2. The molecule has 0 aliphatic rings. The minimum atomic E-state index is -0.493. The zero-order valence-electron chi connectivity index (χ0n) is 14.9. The Morgan fingerprint density at radius 3 is 2.59 bits per heavy atom. The van der Waals surface area contributed by atoms with Gasteiger partial charge in [0.25, 0.3) is 5.91 Å². The maximum atomic E-state index is 12.4. The molecular weight excluding hydrogens is 364 g/mol. The van der Waals surface area contributed by atoms with E-state index in [2.05, 4.69) is 10.3 Å². The first-order valence-corrected chi connectivity index (χ1v) is 9.04. The Kier molecular flexibility index (Phi) is 5.83. The largest absolute Gasteiger partial charge is 0.496 e. The fourth-order valence-corrected chi connectivity index (χ4v) is 3.31. The van der Waals surface area contributed by atoms with E-state index in [4.69, 9.17) is 9.47 Å². The lowest BCUT2D eigenvalue weighted by molar-refractivity contribution is 0.0597. The van der Waals surface area contributed by atoms with Gasteiger partial charge >= 0.3 is 5.97 Å². The summed E-state index contributed by atoms with van der Waals surface area (Å²) in [6.45, 7) is 0.255. The molecule has 3 rings (SSSR count). The summed E-state index contributed by atoms with van der Waals surface area (Å²) >= 11 is 1.42. The first kappa shape index (κ1) is 18.6. The van der Waals surface area contributed by atoms with E-state index in [1.54, 1.807) is 23.6 Å². The fourth-order valence-electron chi connectivity index (χ4n) is 2.50. The molecule has 1 N–H and O–H groups in total. The van der Waals surface area contributed by atoms with Crippen molar-refractivity contribution in [1.29, 1.82) is 0 Å². The summed E-state index contributed by atoms with van der Waals surface area (Å²) in [5.41, 5.74) is 2.40. The zero-order valence-corrected chi connectivity index (χ0v) is 15.7. The zero-order chi connectivity index (χ0) is 19.2. The van der Waals surface area contributed by atoms with Gasteiger partial charge in [0.2, 0.25) is 0 Å². The molecule has 0 saturated heterocycles. The number of ether oxygens (including phenoxy) is 2. The number of aromatic nitrogens is 1. The molecule has 3 aromatic rings. The van der Waals surface area contributed by atoms with E-state index in [0.717, 1.165) is 16.1 Å². The number of hydrogen-bond acceptors (Lipinski definition) is 6. The second kappa shape index (κ2) is 8.46. The predicted octanol–water partition coefficient (Wildman–Crippen LogP) is 3.54. The van der Waals surface area contributed by atoms with Gasteiger partial charge in [-0.15, -0.1) is 11.3 Å². The van der Waals surface area contributed by atoms with E-state index >= 15 is 0 Å². The lowest BCUT2D eigenvalue weighted by atomic mass is 10.1. The van der Waals surface area contributed by atoms with Crippen LogP contribution in [0, 0.1) is 0 Å². The van der Waals surface area contributed by atoms with Gasteiger partial charge in [-0.3, -0.25) is 4.79 Å². The average Bonchev–Trinajstić information content (AvgIpc) is 3.22. The molecule has 6 nitrogen and oxygen atoms in total. The molecule has 1 amide bonds. The number of thiazole rings is 1. The number of carbonyl (C=O) groups excluding carboxylic acids is 2. The van der Waals surface area contributed by atoms with E-state index in [9.17, 15) is 9.59 Å². The first-order valence-electron chi connectivity index (χ1n) is 8.16. The van der Waals surface area contributed by atoms with Crippen molar-refractivity contribution in [2.75, 3.05) is 14.2 Å². The maximum absolute atomic E-state index is 12.4. The van der Waals surface area contributed by atoms with Crippen molar-refractivity contribution in [3.8, 4) is 16.3 Å². The maximum Gasteiger partial charge on any atom is 0.341 e. The average molecular weight is 382 g/mol. The number of rotatable bonds is 6. The summed E-state index contributed by atoms with van der Waals surface area (Å²) in [7, 11) is 2.79. The third kappa shape index (κ3) is 4.32. The Hall–Kier alpha value is -3.19. The van der Waals surface area contributed by atoms with Gasteiger partial charge < -0.3 is 14.8 Å². The van der Waals surface area contributed by atoms with Gasteiger partial charge in [0, 0.05) is 17.5 Å². The molecule has 27 heavy (non-hydrogen) atoms. The van der Waals surface area contributed by atoms with Crippen LogP contribution in [0.2, 0.25) is 0 Å². The summed E-state index contributed by atoms with van der Waals surface area (Å²) < 4.78 is 9.92.